The lowest BCUT2D eigenvalue weighted by atomic mass is 9.90. The molecule has 1 aliphatic rings. The molecule has 1 aromatic heterocycles. The number of carbonyl (C=O) groups excluding carboxylic acids is 2. The first kappa shape index (κ1) is 22.5. The number of fused-ring (bicyclic) bond motifs is 1. The van der Waals surface area contributed by atoms with Gasteiger partial charge in [-0.2, -0.15) is 0 Å². The van der Waals surface area contributed by atoms with Crippen molar-refractivity contribution in [3.8, 4) is 11.5 Å². The Bertz CT molecular complexity index is 1270. The highest BCUT2D eigenvalue weighted by Gasteiger charge is 2.38. The Hall–Kier alpha value is -3.66. The maximum absolute atomic E-state index is 13.5. The molecule has 0 saturated heterocycles. The highest BCUT2D eigenvalue weighted by molar-refractivity contribution is 7.10. The smallest absolute Gasteiger partial charge is 0.325 e. The van der Waals surface area contributed by atoms with E-state index in [-0.39, 0.29) is 24.7 Å². The number of amides is 1. The Morgan fingerprint density at radius 3 is 2.39 bits per heavy atom. The summed E-state index contributed by atoms with van der Waals surface area (Å²) >= 11 is 0.959. The summed E-state index contributed by atoms with van der Waals surface area (Å²) in [6, 6.07) is 10.7. The normalized spacial score (nSPS) is 15.2. The van der Waals surface area contributed by atoms with Crippen molar-refractivity contribution in [2.45, 2.75) is 18.9 Å². The number of aromatic nitrogens is 1. The number of benzene rings is 2. The van der Waals surface area contributed by atoms with Crippen molar-refractivity contribution in [1.29, 1.82) is 0 Å². The molecule has 2 aromatic carbocycles. The van der Waals surface area contributed by atoms with Gasteiger partial charge in [-0.25, -0.2) is 4.39 Å². The number of anilines is 2. The first-order valence-corrected chi connectivity index (χ1v) is 10.8. The summed E-state index contributed by atoms with van der Waals surface area (Å²) in [5, 5.41) is 0. The largest absolute Gasteiger partial charge is 0.493 e. The first-order valence-electron chi connectivity index (χ1n) is 9.98. The lowest BCUT2D eigenvalue weighted by Crippen LogP contribution is -2.36. The third kappa shape index (κ3) is 4.09. The second kappa shape index (κ2) is 9.07. The van der Waals surface area contributed by atoms with Gasteiger partial charge >= 0.3 is 10.8 Å². The summed E-state index contributed by atoms with van der Waals surface area (Å²) in [6.07, 6.45) is 0.0675. The molecule has 1 aliphatic heterocycles. The molecule has 0 fully saturated rings. The Kier molecular flexibility index (Phi) is 6.19. The molecule has 1 amide bonds. The van der Waals surface area contributed by atoms with Gasteiger partial charge in [-0.05, 0) is 42.0 Å². The molecule has 8 nitrogen and oxygen atoms in total. The number of esters is 1. The third-order valence-corrected chi connectivity index (χ3v) is 6.54. The lowest BCUT2D eigenvalue weighted by molar-refractivity contribution is -0.141. The van der Waals surface area contributed by atoms with Gasteiger partial charge in [0.2, 0.25) is 5.91 Å². The molecule has 0 radical (unpaired) electrons. The van der Waals surface area contributed by atoms with Gasteiger partial charge in [0.1, 0.15) is 18.2 Å². The minimum atomic E-state index is -0.627. The summed E-state index contributed by atoms with van der Waals surface area (Å²) in [7, 11) is 4.27. The van der Waals surface area contributed by atoms with Crippen LogP contribution in [0.3, 0.4) is 0 Å². The minimum absolute atomic E-state index is 0.0675. The number of halogens is 1. The van der Waals surface area contributed by atoms with Gasteiger partial charge < -0.3 is 14.2 Å². The lowest BCUT2D eigenvalue weighted by Gasteiger charge is -2.32. The van der Waals surface area contributed by atoms with Gasteiger partial charge in [0.25, 0.3) is 0 Å². The van der Waals surface area contributed by atoms with E-state index in [9.17, 15) is 18.8 Å². The maximum Gasteiger partial charge on any atom is 0.325 e. The summed E-state index contributed by atoms with van der Waals surface area (Å²) in [4.78, 5) is 39.9. The van der Waals surface area contributed by atoms with Crippen LogP contribution >= 0.6 is 11.3 Å². The van der Waals surface area contributed by atoms with Crippen LogP contribution in [0.25, 0.3) is 0 Å². The molecule has 33 heavy (non-hydrogen) atoms. The van der Waals surface area contributed by atoms with Crippen LogP contribution in [0.5, 0.6) is 11.5 Å². The predicted molar refractivity (Wildman–Crippen MR) is 120 cm³/mol. The molecule has 0 unspecified atom stereocenters. The molecule has 0 bridgehead atoms. The zero-order valence-corrected chi connectivity index (χ0v) is 19.0. The van der Waals surface area contributed by atoms with E-state index in [4.69, 9.17) is 14.2 Å². The summed E-state index contributed by atoms with van der Waals surface area (Å²) < 4.78 is 30.2. The van der Waals surface area contributed by atoms with E-state index in [0.717, 1.165) is 16.9 Å². The number of hydrogen-bond donors (Lipinski definition) is 0. The number of methoxy groups -OCH3 is 3. The van der Waals surface area contributed by atoms with Gasteiger partial charge in [-0.3, -0.25) is 23.9 Å². The van der Waals surface area contributed by atoms with Crippen molar-refractivity contribution in [3.63, 3.8) is 0 Å². The van der Waals surface area contributed by atoms with E-state index in [0.29, 0.717) is 22.1 Å². The van der Waals surface area contributed by atoms with Crippen LogP contribution in [-0.4, -0.2) is 37.8 Å². The fourth-order valence-corrected chi connectivity index (χ4v) is 4.98. The monoisotopic (exact) mass is 472 g/mol. The molecule has 172 valence electrons. The van der Waals surface area contributed by atoms with Crippen molar-refractivity contribution >= 4 is 34.7 Å². The molecule has 10 heteroatoms. The van der Waals surface area contributed by atoms with Gasteiger partial charge in [0.15, 0.2) is 11.5 Å². The van der Waals surface area contributed by atoms with E-state index < -0.39 is 22.6 Å². The summed E-state index contributed by atoms with van der Waals surface area (Å²) in [5.74, 6) is -0.524. The Morgan fingerprint density at radius 1 is 1.06 bits per heavy atom. The molecule has 3 aromatic rings. The highest BCUT2D eigenvalue weighted by Crippen LogP contribution is 2.46. The van der Waals surface area contributed by atoms with E-state index >= 15 is 0 Å². The minimum Gasteiger partial charge on any atom is -0.493 e. The number of thiazole rings is 1. The molecule has 1 atom stereocenters. The van der Waals surface area contributed by atoms with E-state index in [2.05, 4.69) is 0 Å². The van der Waals surface area contributed by atoms with Crippen molar-refractivity contribution in [2.24, 2.45) is 0 Å². The van der Waals surface area contributed by atoms with Crippen LogP contribution in [0.15, 0.2) is 47.3 Å². The van der Waals surface area contributed by atoms with Gasteiger partial charge in [-0.15, -0.1) is 0 Å². The third-order valence-electron chi connectivity index (χ3n) is 5.46. The fraction of sp³-hybridized carbons (Fsp3) is 0.261. The topological polar surface area (TPSA) is 87.1 Å². The first-order chi connectivity index (χ1) is 15.9. The standard InChI is InChI=1S/C23H21FN2O6S/c1-30-17-9-4-13(10-18(17)31-2)16-11-19(27)26(15-7-5-14(24)6-8-15)22-21(16)33-23(29)25(22)12-20(28)32-3/h4-10,16H,11-12H2,1-3H3/t16-/m0/s1. The van der Waals surface area contributed by atoms with Crippen molar-refractivity contribution in [1.82, 2.24) is 4.57 Å². The van der Waals surface area contributed by atoms with Gasteiger partial charge in [0.05, 0.1) is 31.9 Å². The van der Waals surface area contributed by atoms with Crippen LogP contribution < -0.4 is 19.2 Å². The van der Waals surface area contributed by atoms with E-state index in [1.54, 1.807) is 12.1 Å². The van der Waals surface area contributed by atoms with Crippen molar-refractivity contribution in [3.05, 3.63) is 68.4 Å². The SMILES string of the molecule is COC(=O)Cn1c2c(sc1=O)[C@H](c1ccc(OC)c(OC)c1)CC(=O)N2c1ccc(F)cc1. The predicted octanol–water partition coefficient (Wildman–Crippen LogP) is 3.44. The van der Waals surface area contributed by atoms with Crippen LogP contribution in [0.1, 0.15) is 22.8 Å². The average molecular weight is 472 g/mol. The average Bonchev–Trinajstić information content (AvgIpc) is 3.14. The Labute approximate surface area is 192 Å². The van der Waals surface area contributed by atoms with Crippen LogP contribution in [0, 0.1) is 5.82 Å². The van der Waals surface area contributed by atoms with Crippen LogP contribution in [0.4, 0.5) is 15.9 Å². The molecule has 0 saturated carbocycles. The van der Waals surface area contributed by atoms with Crippen LogP contribution in [-0.2, 0) is 20.9 Å². The quantitative estimate of drug-likeness (QED) is 0.511. The zero-order chi connectivity index (χ0) is 23.7. The van der Waals surface area contributed by atoms with Gasteiger partial charge in [-0.1, -0.05) is 17.4 Å². The Balaban J connectivity index is 1.90. The van der Waals surface area contributed by atoms with Crippen LogP contribution in [0.2, 0.25) is 0 Å². The molecule has 0 N–H and O–H groups in total. The molecule has 0 aliphatic carbocycles. The molecular formula is C23H21FN2O6S. The second-order valence-electron chi connectivity index (χ2n) is 7.29. The number of nitrogens with zero attached hydrogens (tertiary/aromatic N) is 2. The van der Waals surface area contributed by atoms with Crippen molar-refractivity contribution < 1.29 is 28.2 Å². The second-order valence-corrected chi connectivity index (χ2v) is 8.29. The molecule has 2 heterocycles. The maximum atomic E-state index is 13.5. The number of hydrogen-bond acceptors (Lipinski definition) is 7. The number of ether oxygens (including phenoxy) is 3. The number of rotatable bonds is 6. The Morgan fingerprint density at radius 2 is 1.76 bits per heavy atom. The summed E-state index contributed by atoms with van der Waals surface area (Å²) in [6.45, 7) is -0.356. The van der Waals surface area contributed by atoms with Crippen molar-refractivity contribution in [2.75, 3.05) is 26.2 Å². The molecular weight excluding hydrogens is 451 g/mol. The van der Waals surface area contributed by atoms with Gasteiger partial charge in [0, 0.05) is 12.3 Å². The molecule has 0 spiro atoms. The fourth-order valence-electron chi connectivity index (χ4n) is 3.88. The molecule has 4 rings (SSSR count). The van der Waals surface area contributed by atoms with E-state index in [1.165, 1.54) is 55.1 Å². The summed E-state index contributed by atoms with van der Waals surface area (Å²) in [5.41, 5.74) is 1.15. The zero-order valence-electron chi connectivity index (χ0n) is 18.2. The van der Waals surface area contributed by atoms with E-state index in [1.807, 2.05) is 6.07 Å². The number of carbonyl (C=O) groups is 2. The highest BCUT2D eigenvalue weighted by atomic mass is 32.1.